The lowest BCUT2D eigenvalue weighted by Crippen LogP contribution is -1.83. The Morgan fingerprint density at radius 2 is 1.95 bits per heavy atom. The summed E-state index contributed by atoms with van der Waals surface area (Å²) in [6, 6.07) is 15.9. The minimum Gasteiger partial charge on any atom is -0.399 e. The molecule has 3 N–H and O–H groups in total. The first-order valence-corrected chi connectivity index (χ1v) is 6.40. The van der Waals surface area contributed by atoms with Crippen LogP contribution in [0.15, 0.2) is 54.7 Å². The highest BCUT2D eigenvalue weighted by Gasteiger charge is 2.08. The molecule has 4 aromatic rings. The van der Waals surface area contributed by atoms with Crippen molar-refractivity contribution in [3.05, 3.63) is 54.7 Å². The maximum Gasteiger partial charge on any atom is 0.0999 e. The van der Waals surface area contributed by atoms with Crippen LogP contribution in [-0.4, -0.2) is 15.2 Å². The molecule has 0 spiro atoms. The molecule has 0 atom stereocenters. The van der Waals surface area contributed by atoms with Crippen LogP contribution in [0.4, 0.5) is 5.69 Å². The Bertz CT molecular complexity index is 924. The average molecular weight is 260 g/mol. The van der Waals surface area contributed by atoms with Crippen LogP contribution in [0, 0.1) is 0 Å². The van der Waals surface area contributed by atoms with Crippen LogP contribution in [0.5, 0.6) is 0 Å². The first-order chi connectivity index (χ1) is 9.81. The number of nitrogens with zero attached hydrogens (tertiary/aromatic N) is 2. The van der Waals surface area contributed by atoms with Crippen molar-refractivity contribution in [1.82, 2.24) is 15.2 Å². The molecule has 0 saturated heterocycles. The fourth-order valence-corrected chi connectivity index (χ4v) is 2.48. The molecule has 2 heterocycles. The number of nitrogens with two attached hydrogens (primary N) is 1. The molecule has 0 aliphatic rings. The summed E-state index contributed by atoms with van der Waals surface area (Å²) in [6.45, 7) is 0. The van der Waals surface area contributed by atoms with Gasteiger partial charge in [-0.1, -0.05) is 12.1 Å². The third-order valence-corrected chi connectivity index (χ3v) is 3.46. The second kappa shape index (κ2) is 4.06. The molecule has 0 saturated carbocycles. The van der Waals surface area contributed by atoms with Gasteiger partial charge in [0.05, 0.1) is 16.7 Å². The van der Waals surface area contributed by atoms with Gasteiger partial charge in [-0.3, -0.25) is 10.1 Å². The first kappa shape index (κ1) is 11.0. The number of benzene rings is 2. The summed E-state index contributed by atoms with van der Waals surface area (Å²) >= 11 is 0. The average Bonchev–Trinajstić information content (AvgIpc) is 2.89. The van der Waals surface area contributed by atoms with Crippen molar-refractivity contribution in [2.45, 2.75) is 0 Å². The van der Waals surface area contributed by atoms with Crippen LogP contribution in [0.1, 0.15) is 0 Å². The zero-order chi connectivity index (χ0) is 13.5. The van der Waals surface area contributed by atoms with Crippen LogP contribution in [0.2, 0.25) is 0 Å². The molecule has 96 valence electrons. The normalized spacial score (nSPS) is 11.2. The summed E-state index contributed by atoms with van der Waals surface area (Å²) in [4.78, 5) is 4.33. The predicted molar refractivity (Wildman–Crippen MR) is 81.2 cm³/mol. The summed E-state index contributed by atoms with van der Waals surface area (Å²) < 4.78 is 0. The van der Waals surface area contributed by atoms with Crippen LogP contribution in [0.3, 0.4) is 0 Å². The second-order valence-electron chi connectivity index (χ2n) is 4.79. The van der Waals surface area contributed by atoms with Crippen LogP contribution in [-0.2, 0) is 0 Å². The molecule has 0 unspecified atom stereocenters. The SMILES string of the molecule is Nc1ccc2c(-c3ccc4ncccc4c3)n[nH]c2c1. The van der Waals surface area contributed by atoms with Crippen molar-refractivity contribution >= 4 is 27.5 Å². The topological polar surface area (TPSA) is 67.6 Å². The highest BCUT2D eigenvalue weighted by molar-refractivity contribution is 5.96. The summed E-state index contributed by atoms with van der Waals surface area (Å²) in [5, 5.41) is 9.62. The summed E-state index contributed by atoms with van der Waals surface area (Å²) in [5.74, 6) is 0. The van der Waals surface area contributed by atoms with Crippen molar-refractivity contribution in [2.75, 3.05) is 5.73 Å². The molecule has 2 aromatic heterocycles. The molecule has 4 rings (SSSR count). The number of rotatable bonds is 1. The number of hydrogen-bond acceptors (Lipinski definition) is 3. The molecule has 0 fully saturated rings. The van der Waals surface area contributed by atoms with Gasteiger partial charge in [0, 0.05) is 28.2 Å². The van der Waals surface area contributed by atoms with Crippen molar-refractivity contribution < 1.29 is 0 Å². The summed E-state index contributed by atoms with van der Waals surface area (Å²) in [7, 11) is 0. The maximum atomic E-state index is 5.79. The zero-order valence-electron chi connectivity index (χ0n) is 10.7. The quantitative estimate of drug-likeness (QED) is 0.516. The smallest absolute Gasteiger partial charge is 0.0999 e. The van der Waals surface area contributed by atoms with Gasteiger partial charge in [0.15, 0.2) is 0 Å². The molecule has 20 heavy (non-hydrogen) atoms. The Morgan fingerprint density at radius 1 is 1.00 bits per heavy atom. The molecule has 0 radical (unpaired) electrons. The van der Waals surface area contributed by atoms with Gasteiger partial charge in [-0.05, 0) is 36.4 Å². The number of H-pyrrole nitrogens is 1. The highest BCUT2D eigenvalue weighted by atomic mass is 15.1. The first-order valence-electron chi connectivity index (χ1n) is 6.40. The van der Waals surface area contributed by atoms with Crippen molar-refractivity contribution in [2.24, 2.45) is 0 Å². The Labute approximate surface area is 115 Å². The molecule has 2 aromatic carbocycles. The number of aromatic amines is 1. The number of nitrogen functional groups attached to an aromatic ring is 1. The largest absolute Gasteiger partial charge is 0.399 e. The van der Waals surface area contributed by atoms with E-state index in [0.717, 1.165) is 38.8 Å². The lowest BCUT2D eigenvalue weighted by atomic mass is 10.1. The molecular formula is C16H12N4. The fraction of sp³-hybridized carbons (Fsp3) is 0. The fourth-order valence-electron chi connectivity index (χ4n) is 2.48. The number of pyridine rings is 1. The standard InChI is InChI=1S/C16H12N4/c17-12-4-5-13-15(9-12)19-20-16(13)11-3-6-14-10(8-11)2-1-7-18-14/h1-9H,17H2,(H,19,20). The summed E-state index contributed by atoms with van der Waals surface area (Å²) in [5.41, 5.74) is 10.5. The summed E-state index contributed by atoms with van der Waals surface area (Å²) in [6.07, 6.45) is 1.80. The molecule has 0 amide bonds. The highest BCUT2D eigenvalue weighted by Crippen LogP contribution is 2.29. The van der Waals surface area contributed by atoms with E-state index in [-0.39, 0.29) is 0 Å². The molecule has 0 aliphatic heterocycles. The predicted octanol–water partition coefficient (Wildman–Crippen LogP) is 3.36. The van der Waals surface area contributed by atoms with E-state index in [1.54, 1.807) is 6.20 Å². The molecular weight excluding hydrogens is 248 g/mol. The minimum atomic E-state index is 0.732. The third kappa shape index (κ3) is 1.62. The van der Waals surface area contributed by atoms with Crippen molar-refractivity contribution in [3.63, 3.8) is 0 Å². The number of fused-ring (bicyclic) bond motifs is 2. The van der Waals surface area contributed by atoms with E-state index in [1.165, 1.54) is 0 Å². The van der Waals surface area contributed by atoms with E-state index in [9.17, 15) is 0 Å². The Kier molecular flexibility index (Phi) is 2.23. The molecule has 0 aliphatic carbocycles. The number of anilines is 1. The Balaban J connectivity index is 1.96. The van der Waals surface area contributed by atoms with E-state index in [2.05, 4.69) is 27.3 Å². The van der Waals surface area contributed by atoms with Gasteiger partial charge in [0.2, 0.25) is 0 Å². The van der Waals surface area contributed by atoms with Gasteiger partial charge in [-0.15, -0.1) is 0 Å². The van der Waals surface area contributed by atoms with Crippen molar-refractivity contribution in [3.8, 4) is 11.3 Å². The molecule has 4 heteroatoms. The van der Waals surface area contributed by atoms with E-state index in [1.807, 2.05) is 36.4 Å². The van der Waals surface area contributed by atoms with Gasteiger partial charge >= 0.3 is 0 Å². The van der Waals surface area contributed by atoms with E-state index >= 15 is 0 Å². The van der Waals surface area contributed by atoms with Gasteiger partial charge in [-0.25, -0.2) is 0 Å². The monoisotopic (exact) mass is 260 g/mol. The maximum absolute atomic E-state index is 5.79. The van der Waals surface area contributed by atoms with E-state index < -0.39 is 0 Å². The molecule has 0 bridgehead atoms. The lowest BCUT2D eigenvalue weighted by Gasteiger charge is -2.01. The molecule has 4 nitrogen and oxygen atoms in total. The van der Waals surface area contributed by atoms with Crippen LogP contribution < -0.4 is 5.73 Å². The van der Waals surface area contributed by atoms with E-state index in [4.69, 9.17) is 5.73 Å². The van der Waals surface area contributed by atoms with Gasteiger partial charge in [0.25, 0.3) is 0 Å². The number of nitrogens with one attached hydrogen (secondary N) is 1. The third-order valence-electron chi connectivity index (χ3n) is 3.46. The lowest BCUT2D eigenvalue weighted by molar-refractivity contribution is 1.12. The Hall–Kier alpha value is -2.88. The van der Waals surface area contributed by atoms with Gasteiger partial charge in [0.1, 0.15) is 0 Å². The van der Waals surface area contributed by atoms with Crippen LogP contribution >= 0.6 is 0 Å². The zero-order valence-corrected chi connectivity index (χ0v) is 10.7. The second-order valence-corrected chi connectivity index (χ2v) is 4.79. The Morgan fingerprint density at radius 3 is 2.90 bits per heavy atom. The number of aromatic nitrogens is 3. The van der Waals surface area contributed by atoms with Crippen LogP contribution in [0.25, 0.3) is 33.1 Å². The van der Waals surface area contributed by atoms with Gasteiger partial charge < -0.3 is 5.73 Å². The minimum absolute atomic E-state index is 0.732. The van der Waals surface area contributed by atoms with E-state index in [0.29, 0.717) is 0 Å². The number of hydrogen-bond donors (Lipinski definition) is 2. The van der Waals surface area contributed by atoms with Gasteiger partial charge in [-0.2, -0.15) is 5.10 Å². The van der Waals surface area contributed by atoms with Crippen molar-refractivity contribution in [1.29, 1.82) is 0 Å².